The summed E-state index contributed by atoms with van der Waals surface area (Å²) in [5.41, 5.74) is -0.668. The van der Waals surface area contributed by atoms with E-state index in [2.05, 4.69) is 20.3 Å². The van der Waals surface area contributed by atoms with Gasteiger partial charge < -0.3 is 29.7 Å². The van der Waals surface area contributed by atoms with Crippen LogP contribution >= 0.6 is 0 Å². The lowest BCUT2D eigenvalue weighted by atomic mass is 10.0. The summed E-state index contributed by atoms with van der Waals surface area (Å²) in [5, 5.41) is 6.59. The number of sulfonamides is 1. The van der Waals surface area contributed by atoms with Gasteiger partial charge in [0.15, 0.2) is 0 Å². The van der Waals surface area contributed by atoms with Gasteiger partial charge in [-0.15, -0.1) is 0 Å². The number of alkyl carbamates (subject to hydrolysis) is 1. The number of benzene rings is 1. The van der Waals surface area contributed by atoms with Crippen molar-refractivity contribution in [3.05, 3.63) is 48.2 Å². The summed E-state index contributed by atoms with van der Waals surface area (Å²) in [5.74, 6) is -1.28. The zero-order valence-corrected chi connectivity index (χ0v) is 30.7. The highest BCUT2D eigenvalue weighted by Gasteiger charge is 2.62. The molecule has 1 aromatic heterocycles. The largest absolute Gasteiger partial charge is 0.496 e. The van der Waals surface area contributed by atoms with Crippen molar-refractivity contribution in [2.75, 3.05) is 20.3 Å². The fourth-order valence-electron chi connectivity index (χ4n) is 7.52. The number of rotatable bonds is 4. The molecule has 0 radical (unpaired) electrons. The van der Waals surface area contributed by atoms with Crippen molar-refractivity contribution in [2.45, 2.75) is 106 Å². The number of nitrogens with zero attached hydrogens (tertiary/aromatic N) is 2. The molecule has 3 fully saturated rings. The lowest BCUT2D eigenvalue weighted by molar-refractivity contribution is -0.141. The minimum atomic E-state index is -3.88. The molecule has 4 heterocycles. The molecule has 5 bridgehead atoms. The van der Waals surface area contributed by atoms with E-state index in [-0.39, 0.29) is 26.0 Å². The van der Waals surface area contributed by atoms with Gasteiger partial charge in [-0.3, -0.25) is 19.1 Å². The Balaban J connectivity index is 1.23. The third-order valence-corrected chi connectivity index (χ3v) is 12.6. The van der Waals surface area contributed by atoms with E-state index in [0.29, 0.717) is 50.2 Å². The molecule has 53 heavy (non-hydrogen) atoms. The molecule has 5 aliphatic rings. The van der Waals surface area contributed by atoms with Crippen molar-refractivity contribution in [1.82, 2.24) is 25.2 Å². The molecule has 3 N–H and O–H groups in total. The molecule has 3 aliphatic heterocycles. The number of fused-ring (bicyclic) bond motifs is 4. The van der Waals surface area contributed by atoms with Gasteiger partial charge in [0.2, 0.25) is 27.7 Å². The second kappa shape index (κ2) is 15.4. The van der Waals surface area contributed by atoms with Crippen LogP contribution in [-0.4, -0.2) is 91.4 Å². The summed E-state index contributed by atoms with van der Waals surface area (Å²) >= 11 is 0. The second-order valence-corrected chi connectivity index (χ2v) is 16.6. The Labute approximate surface area is 309 Å². The van der Waals surface area contributed by atoms with E-state index in [0.717, 1.165) is 42.0 Å². The minimum Gasteiger partial charge on any atom is -0.496 e. The van der Waals surface area contributed by atoms with Gasteiger partial charge in [0, 0.05) is 29.5 Å². The van der Waals surface area contributed by atoms with Gasteiger partial charge in [0.05, 0.1) is 25.5 Å². The zero-order chi connectivity index (χ0) is 37.2. The Kier molecular flexibility index (Phi) is 10.6. The average Bonchev–Trinajstić information content (AvgIpc) is 4.06. The summed E-state index contributed by atoms with van der Waals surface area (Å²) in [4.78, 5) is 61.4. The predicted octanol–water partition coefficient (Wildman–Crippen LogP) is 3.89. The highest BCUT2D eigenvalue weighted by Crippen LogP contribution is 2.46. The molecule has 284 valence electrons. The highest BCUT2D eigenvalue weighted by atomic mass is 32.2. The Morgan fingerprint density at radius 1 is 1.06 bits per heavy atom. The van der Waals surface area contributed by atoms with Crippen molar-refractivity contribution >= 4 is 50.7 Å². The number of cyclic esters (lactones) is 1. The van der Waals surface area contributed by atoms with E-state index >= 15 is 0 Å². The van der Waals surface area contributed by atoms with E-state index in [1.165, 1.54) is 4.90 Å². The number of pyridine rings is 1. The van der Waals surface area contributed by atoms with Crippen LogP contribution in [0.25, 0.3) is 16.8 Å². The lowest BCUT2D eigenvalue weighted by Gasteiger charge is -2.29. The van der Waals surface area contributed by atoms with Crippen molar-refractivity contribution < 1.29 is 41.8 Å². The summed E-state index contributed by atoms with van der Waals surface area (Å²) in [6.45, 7) is 0.178. The van der Waals surface area contributed by atoms with Gasteiger partial charge in [-0.1, -0.05) is 37.1 Å². The molecule has 14 nitrogen and oxygen atoms in total. The second-order valence-electron chi connectivity index (χ2n) is 14.7. The molecule has 1 saturated heterocycles. The van der Waals surface area contributed by atoms with Crippen LogP contribution in [0.2, 0.25) is 0 Å². The van der Waals surface area contributed by atoms with Crippen LogP contribution in [0.15, 0.2) is 42.6 Å². The third kappa shape index (κ3) is 8.14. The van der Waals surface area contributed by atoms with Gasteiger partial charge in [-0.2, -0.15) is 0 Å². The molecule has 2 aliphatic carbocycles. The van der Waals surface area contributed by atoms with Gasteiger partial charge in [0.25, 0.3) is 5.91 Å². The molecule has 5 unspecified atom stereocenters. The van der Waals surface area contributed by atoms with Gasteiger partial charge in [0.1, 0.15) is 29.5 Å². The number of hydrogen-bond acceptors (Lipinski definition) is 10. The quantitative estimate of drug-likeness (QED) is 0.388. The number of carbonyl (C=O) groups is 4. The number of ether oxygens (including phenoxy) is 3. The maximum absolute atomic E-state index is 14.4. The molecular weight excluding hydrogens is 703 g/mol. The number of carbonyl (C=O) groups excluding carboxylic acids is 4. The molecule has 2 saturated carbocycles. The maximum atomic E-state index is 14.4. The molecule has 15 heteroatoms. The van der Waals surface area contributed by atoms with Gasteiger partial charge >= 0.3 is 6.09 Å². The van der Waals surface area contributed by atoms with Crippen molar-refractivity contribution in [1.29, 1.82) is 0 Å². The Hall–Kier alpha value is -4.66. The highest BCUT2D eigenvalue weighted by molar-refractivity contribution is 7.91. The first-order chi connectivity index (χ1) is 25.6. The van der Waals surface area contributed by atoms with Crippen LogP contribution in [0.5, 0.6) is 11.6 Å². The third-order valence-electron chi connectivity index (χ3n) is 10.8. The van der Waals surface area contributed by atoms with Crippen molar-refractivity contribution in [3.63, 3.8) is 0 Å². The first kappa shape index (κ1) is 36.7. The predicted molar refractivity (Wildman–Crippen MR) is 195 cm³/mol. The summed E-state index contributed by atoms with van der Waals surface area (Å²) in [6.07, 6.45) is 14.7. The van der Waals surface area contributed by atoms with Crippen LogP contribution in [0, 0.1) is 5.92 Å². The number of hydrogen-bond donors (Lipinski definition) is 3. The van der Waals surface area contributed by atoms with E-state index < -0.39 is 68.7 Å². The average molecular weight is 750 g/mol. The number of amides is 4. The van der Waals surface area contributed by atoms with Crippen molar-refractivity contribution in [3.8, 4) is 11.6 Å². The first-order valence-electron chi connectivity index (χ1n) is 18.7. The topological polar surface area (TPSA) is 182 Å². The molecule has 2 aromatic rings. The number of methoxy groups -OCH3 is 1. The van der Waals surface area contributed by atoms with E-state index in [4.69, 9.17) is 14.2 Å². The van der Waals surface area contributed by atoms with Crippen LogP contribution in [0.3, 0.4) is 0 Å². The number of nitrogens with one attached hydrogen (secondary N) is 3. The molecule has 4 amide bonds. The molecule has 5 atom stereocenters. The number of aromatic nitrogens is 1. The number of allylic oxidation sites excluding steroid dienone is 2. The van der Waals surface area contributed by atoms with Gasteiger partial charge in [-0.05, 0) is 81.4 Å². The van der Waals surface area contributed by atoms with E-state index in [1.807, 2.05) is 42.5 Å². The van der Waals surface area contributed by atoms with Crippen LogP contribution < -0.4 is 24.8 Å². The Morgan fingerprint density at radius 3 is 2.68 bits per heavy atom. The normalized spacial score (nSPS) is 29.8. The Morgan fingerprint density at radius 2 is 1.87 bits per heavy atom. The smallest absolute Gasteiger partial charge is 0.407 e. The lowest BCUT2D eigenvalue weighted by Crippen LogP contribution is -2.58. The van der Waals surface area contributed by atoms with Crippen LogP contribution in [-0.2, 0) is 29.1 Å². The molecular formula is C38H47N5O9S. The first-order valence-corrected chi connectivity index (χ1v) is 20.2. The summed E-state index contributed by atoms with van der Waals surface area (Å²) in [7, 11) is -2.28. The van der Waals surface area contributed by atoms with Crippen LogP contribution in [0.1, 0.15) is 82.6 Å². The Bertz CT molecular complexity index is 1930. The van der Waals surface area contributed by atoms with Crippen molar-refractivity contribution in [2.24, 2.45) is 5.92 Å². The molecule has 7 rings (SSSR count). The monoisotopic (exact) mass is 749 g/mol. The zero-order valence-electron chi connectivity index (χ0n) is 29.9. The fraction of sp³-hybridized carbons (Fsp3) is 0.553. The standard InChI is InChI=1S/C38H47N5O9S/c1-50-32-20-24-16-17-39-34-29(24)19-25(32)11-7-5-6-10-18-51-37(47)40-30-13-9-4-2-3-8-12-26-22-38(26,36(46)42-53(48,49)28-14-15-28)41-33(44)31-21-27(52-34)23-43(31)35(30)45/h7-8,11-12,16-17,19-20,26-28,30-31H,2-6,9-10,13-15,18,21-23H2,1H3,(H,40,47)(H,41,44)(H,42,46)/b11-7+,12-8-. The SMILES string of the molecule is COc1cc2ccnc3c2cc1/C=C/CCCCOC(=O)NC1CCCCC/C=C\C2CC2(C(=O)NS(=O)(=O)C2CC2)NC(=O)C2CC(CN2C1=O)O3. The summed E-state index contributed by atoms with van der Waals surface area (Å²) < 4.78 is 45.5. The fourth-order valence-corrected chi connectivity index (χ4v) is 8.88. The van der Waals surface area contributed by atoms with E-state index in [9.17, 15) is 27.6 Å². The summed E-state index contributed by atoms with van der Waals surface area (Å²) in [6, 6.07) is 3.64. The van der Waals surface area contributed by atoms with Crippen LogP contribution in [0.4, 0.5) is 4.79 Å². The maximum Gasteiger partial charge on any atom is 0.407 e. The van der Waals surface area contributed by atoms with Gasteiger partial charge in [-0.25, -0.2) is 18.2 Å². The molecule has 1 aromatic carbocycles. The van der Waals surface area contributed by atoms with E-state index in [1.54, 1.807) is 13.3 Å². The minimum absolute atomic E-state index is 0.00369. The molecule has 0 spiro atoms.